The maximum absolute atomic E-state index is 12.2. The second-order valence-corrected chi connectivity index (χ2v) is 7.31. The van der Waals surface area contributed by atoms with Crippen LogP contribution in [0.1, 0.15) is 43.6 Å². The van der Waals surface area contributed by atoms with Crippen LogP contribution in [0, 0.1) is 0 Å². The van der Waals surface area contributed by atoms with E-state index in [-0.39, 0.29) is 23.5 Å². The lowest BCUT2D eigenvalue weighted by Gasteiger charge is -2.15. The molecule has 2 aromatic rings. The van der Waals surface area contributed by atoms with Gasteiger partial charge in [0.25, 0.3) is 5.91 Å². The summed E-state index contributed by atoms with van der Waals surface area (Å²) in [6, 6.07) is 10.0. The highest BCUT2D eigenvalue weighted by Crippen LogP contribution is 2.26. The highest BCUT2D eigenvalue weighted by atomic mass is 79.9. The van der Waals surface area contributed by atoms with Gasteiger partial charge in [-0.3, -0.25) is 4.79 Å². The number of hydrogen-bond donors (Lipinski definition) is 2. The van der Waals surface area contributed by atoms with Crippen LogP contribution < -0.4 is 14.9 Å². The van der Waals surface area contributed by atoms with E-state index in [0.29, 0.717) is 21.5 Å². The molecule has 7 heteroatoms. The molecular weight excluding hydrogens is 412 g/mol. The molecule has 0 fully saturated rings. The monoisotopic (exact) mass is 434 g/mol. The van der Waals surface area contributed by atoms with E-state index in [1.54, 1.807) is 12.1 Å². The number of halogens is 1. The van der Waals surface area contributed by atoms with E-state index < -0.39 is 5.91 Å². The smallest absolute Gasteiger partial charge is 0.275 e. The Kier molecular flexibility index (Phi) is 7.24. The summed E-state index contributed by atoms with van der Waals surface area (Å²) in [6.45, 7) is 7.75. The number of benzene rings is 2. The van der Waals surface area contributed by atoms with Crippen LogP contribution in [0.15, 0.2) is 46.0 Å². The van der Waals surface area contributed by atoms with E-state index in [9.17, 15) is 9.90 Å². The predicted octanol–water partition coefficient (Wildman–Crippen LogP) is 4.49. The number of phenols is 1. The molecular formula is C20H23BrN2O4. The summed E-state index contributed by atoms with van der Waals surface area (Å²) in [5, 5.41) is 13.8. The number of ether oxygens (including phenoxy) is 2. The normalized spacial score (nSPS) is 11.2. The number of hydrazone groups is 1. The maximum Gasteiger partial charge on any atom is 0.275 e. The fourth-order valence-corrected chi connectivity index (χ4v) is 2.59. The molecule has 0 aliphatic heterocycles. The number of aromatic hydroxyl groups is 1. The fraction of sp³-hybridized carbons (Fsp3) is 0.300. The van der Waals surface area contributed by atoms with Gasteiger partial charge < -0.3 is 14.6 Å². The lowest BCUT2D eigenvalue weighted by molar-refractivity contribution is 0.0952. The summed E-state index contributed by atoms with van der Waals surface area (Å²) < 4.78 is 12.2. The molecule has 27 heavy (non-hydrogen) atoms. The van der Waals surface area contributed by atoms with Crippen LogP contribution in [0.5, 0.6) is 17.2 Å². The third-order valence-corrected chi connectivity index (χ3v) is 3.79. The van der Waals surface area contributed by atoms with Gasteiger partial charge in [0.2, 0.25) is 0 Å². The first-order chi connectivity index (χ1) is 12.8. The summed E-state index contributed by atoms with van der Waals surface area (Å²) in [6.07, 6.45) is 1.51. The molecule has 0 unspecified atom stereocenters. The zero-order valence-corrected chi connectivity index (χ0v) is 17.3. The highest BCUT2D eigenvalue weighted by Gasteiger charge is 2.11. The number of carbonyl (C=O) groups is 1. The molecule has 144 valence electrons. The molecule has 0 atom stereocenters. The van der Waals surface area contributed by atoms with E-state index in [2.05, 4.69) is 26.5 Å². The molecule has 0 saturated heterocycles. The third kappa shape index (κ3) is 6.29. The maximum atomic E-state index is 12.2. The Morgan fingerprint density at radius 2 is 1.81 bits per heavy atom. The summed E-state index contributed by atoms with van der Waals surface area (Å²) >= 11 is 3.27. The highest BCUT2D eigenvalue weighted by molar-refractivity contribution is 9.10. The average molecular weight is 435 g/mol. The fourth-order valence-electron chi connectivity index (χ4n) is 2.23. The summed E-state index contributed by atoms with van der Waals surface area (Å²) in [4.78, 5) is 12.2. The Morgan fingerprint density at radius 1 is 1.11 bits per heavy atom. The van der Waals surface area contributed by atoms with Crippen molar-refractivity contribution < 1.29 is 19.4 Å². The Labute approximate surface area is 167 Å². The van der Waals surface area contributed by atoms with E-state index in [0.717, 1.165) is 0 Å². The van der Waals surface area contributed by atoms with Crippen molar-refractivity contribution in [2.24, 2.45) is 5.10 Å². The van der Waals surface area contributed by atoms with Crippen LogP contribution in [0.25, 0.3) is 0 Å². The quantitative estimate of drug-likeness (QED) is 0.496. The van der Waals surface area contributed by atoms with Crippen LogP contribution in [0.3, 0.4) is 0 Å². The van der Waals surface area contributed by atoms with Crippen LogP contribution in [-0.2, 0) is 0 Å². The zero-order chi connectivity index (χ0) is 20.0. The molecule has 0 saturated carbocycles. The summed E-state index contributed by atoms with van der Waals surface area (Å²) in [7, 11) is 0. The van der Waals surface area contributed by atoms with Crippen molar-refractivity contribution in [3.8, 4) is 17.2 Å². The van der Waals surface area contributed by atoms with Gasteiger partial charge in [-0.1, -0.05) is 15.9 Å². The van der Waals surface area contributed by atoms with Gasteiger partial charge in [0.05, 0.1) is 24.0 Å². The molecule has 2 aromatic carbocycles. The van der Waals surface area contributed by atoms with Crippen LogP contribution in [-0.4, -0.2) is 29.4 Å². The van der Waals surface area contributed by atoms with E-state index in [1.807, 2.05) is 39.8 Å². The summed E-state index contributed by atoms with van der Waals surface area (Å²) in [5.41, 5.74) is 3.22. The van der Waals surface area contributed by atoms with Crippen molar-refractivity contribution in [3.63, 3.8) is 0 Å². The average Bonchev–Trinajstić information content (AvgIpc) is 2.57. The van der Waals surface area contributed by atoms with Crippen LogP contribution in [0.4, 0.5) is 0 Å². The number of nitrogens with one attached hydrogen (secondary N) is 1. The number of amides is 1. The second kappa shape index (κ2) is 9.41. The lowest BCUT2D eigenvalue weighted by Crippen LogP contribution is -2.18. The number of carbonyl (C=O) groups excluding carboxylic acids is 1. The lowest BCUT2D eigenvalue weighted by atomic mass is 10.2. The largest absolute Gasteiger partial charge is 0.507 e. The van der Waals surface area contributed by atoms with E-state index in [1.165, 1.54) is 18.3 Å². The minimum absolute atomic E-state index is 0.0281. The SMILES string of the molecule is CC(C)Oc1ccc(/C=N/NC(=O)c2cc(Br)ccc2O)c(OC(C)C)c1. The Balaban J connectivity index is 2.17. The van der Waals surface area contributed by atoms with Gasteiger partial charge in [0.1, 0.15) is 17.2 Å². The first-order valence-electron chi connectivity index (χ1n) is 8.55. The van der Waals surface area contributed by atoms with E-state index >= 15 is 0 Å². The first-order valence-corrected chi connectivity index (χ1v) is 9.35. The third-order valence-electron chi connectivity index (χ3n) is 3.29. The van der Waals surface area contributed by atoms with Gasteiger partial charge in [0, 0.05) is 16.1 Å². The minimum Gasteiger partial charge on any atom is -0.507 e. The molecule has 0 radical (unpaired) electrons. The molecule has 2 rings (SSSR count). The van der Waals surface area contributed by atoms with Crippen LogP contribution in [0.2, 0.25) is 0 Å². The molecule has 1 amide bonds. The molecule has 0 bridgehead atoms. The zero-order valence-electron chi connectivity index (χ0n) is 15.7. The van der Waals surface area contributed by atoms with Gasteiger partial charge in [-0.05, 0) is 58.0 Å². The van der Waals surface area contributed by atoms with Crippen molar-refractivity contribution in [1.29, 1.82) is 0 Å². The molecule has 2 N–H and O–H groups in total. The van der Waals surface area contributed by atoms with E-state index in [4.69, 9.17) is 9.47 Å². The Hall–Kier alpha value is -2.54. The molecule has 6 nitrogen and oxygen atoms in total. The van der Waals surface area contributed by atoms with Gasteiger partial charge in [0.15, 0.2) is 0 Å². The molecule has 0 aliphatic carbocycles. The van der Waals surface area contributed by atoms with Crippen molar-refractivity contribution in [1.82, 2.24) is 5.43 Å². The number of hydrogen-bond acceptors (Lipinski definition) is 5. The van der Waals surface area contributed by atoms with Gasteiger partial charge in [-0.2, -0.15) is 5.10 Å². The van der Waals surface area contributed by atoms with Gasteiger partial charge in [-0.25, -0.2) is 5.43 Å². The van der Waals surface area contributed by atoms with Crippen molar-refractivity contribution in [2.75, 3.05) is 0 Å². The predicted molar refractivity (Wildman–Crippen MR) is 109 cm³/mol. The molecule has 0 spiro atoms. The molecule has 0 aliphatic rings. The Bertz CT molecular complexity index is 835. The number of phenolic OH excluding ortho intramolecular Hbond substituents is 1. The van der Waals surface area contributed by atoms with Gasteiger partial charge >= 0.3 is 0 Å². The van der Waals surface area contributed by atoms with Crippen molar-refractivity contribution >= 4 is 28.1 Å². The second-order valence-electron chi connectivity index (χ2n) is 6.39. The number of rotatable bonds is 7. The van der Waals surface area contributed by atoms with Gasteiger partial charge in [-0.15, -0.1) is 0 Å². The van der Waals surface area contributed by atoms with Crippen molar-refractivity contribution in [2.45, 2.75) is 39.9 Å². The standard InChI is InChI=1S/C20H23BrN2O4/c1-12(2)26-16-7-5-14(19(10-16)27-13(3)4)11-22-23-20(25)17-9-15(21)6-8-18(17)24/h5-13,24H,1-4H3,(H,23,25)/b22-11+. The minimum atomic E-state index is -0.517. The Morgan fingerprint density at radius 3 is 2.48 bits per heavy atom. The molecule has 0 aromatic heterocycles. The summed E-state index contributed by atoms with van der Waals surface area (Å²) in [5.74, 6) is 0.661. The van der Waals surface area contributed by atoms with Crippen LogP contribution >= 0.6 is 15.9 Å². The molecule has 0 heterocycles. The topological polar surface area (TPSA) is 80.2 Å². The number of nitrogens with zero attached hydrogens (tertiary/aromatic N) is 1. The van der Waals surface area contributed by atoms with Crippen molar-refractivity contribution in [3.05, 3.63) is 52.0 Å². The first kappa shape index (κ1) is 20.8.